The van der Waals surface area contributed by atoms with Gasteiger partial charge < -0.3 is 5.32 Å². The van der Waals surface area contributed by atoms with Crippen LogP contribution in [0.1, 0.15) is 44.1 Å². The second-order valence-corrected chi connectivity index (χ2v) is 11.6. The Balaban J connectivity index is 1.25. The van der Waals surface area contributed by atoms with Crippen molar-refractivity contribution in [3.8, 4) is 0 Å². The number of carbonyl (C=O) groups excluding carboxylic acids is 1. The summed E-state index contributed by atoms with van der Waals surface area (Å²) in [4.78, 5) is 18.0. The first kappa shape index (κ1) is 21.5. The monoisotopic (exact) mass is 576 g/mol. The Labute approximate surface area is 207 Å². The van der Waals surface area contributed by atoms with Gasteiger partial charge in [-0.1, -0.05) is 18.2 Å². The number of anilines is 1. The molecule has 0 saturated heterocycles. The van der Waals surface area contributed by atoms with Crippen molar-refractivity contribution in [2.45, 2.75) is 50.6 Å². The van der Waals surface area contributed by atoms with Crippen LogP contribution >= 0.6 is 31.9 Å². The molecule has 0 spiro atoms. The topological polar surface area (TPSA) is 77.6 Å². The van der Waals surface area contributed by atoms with Crippen molar-refractivity contribution in [1.82, 2.24) is 24.5 Å². The molecule has 7 nitrogen and oxygen atoms in total. The third-order valence-corrected chi connectivity index (χ3v) is 8.64. The van der Waals surface area contributed by atoms with Gasteiger partial charge in [0, 0.05) is 11.8 Å². The van der Waals surface area contributed by atoms with E-state index < -0.39 is 5.41 Å². The molecule has 2 aromatic heterocycles. The van der Waals surface area contributed by atoms with E-state index in [1.165, 1.54) is 12.5 Å². The molecule has 10 heteroatoms. The molecule has 4 bridgehead atoms. The Kier molecular flexibility index (Phi) is 5.03. The van der Waals surface area contributed by atoms with Crippen LogP contribution in [0.5, 0.6) is 0 Å². The quantitative estimate of drug-likeness (QED) is 0.456. The molecule has 3 aromatic rings. The molecule has 4 aliphatic carbocycles. The van der Waals surface area contributed by atoms with Crippen LogP contribution < -0.4 is 5.32 Å². The highest BCUT2D eigenvalue weighted by Gasteiger charge is 2.61. The number of amides is 1. The normalized spacial score (nSPS) is 30.0. The third-order valence-electron chi connectivity index (χ3n) is 7.70. The molecular weight excluding hydrogens is 555 g/mol. The standard InChI is InChI=1S/C23H23Br2FN6O/c24-17-11-31(10-16-3-1-2-4-18(16)26)29-19(17)28-20(33)22-6-14-5-15(7-22)9-23(8-14,12-22)32-13-27-21(25)30-32/h1-4,11,13-15H,5-10,12H2,(H,28,29,33). The van der Waals surface area contributed by atoms with E-state index in [0.717, 1.165) is 32.1 Å². The summed E-state index contributed by atoms with van der Waals surface area (Å²) in [5.41, 5.74) is -0.0357. The minimum absolute atomic E-state index is 0.0250. The van der Waals surface area contributed by atoms with Gasteiger partial charge in [0.25, 0.3) is 0 Å². The maximum atomic E-state index is 14.1. The maximum Gasteiger partial charge on any atom is 0.231 e. The van der Waals surface area contributed by atoms with Crippen LogP contribution in [0.15, 0.2) is 46.0 Å². The van der Waals surface area contributed by atoms with Gasteiger partial charge in [-0.3, -0.25) is 9.48 Å². The van der Waals surface area contributed by atoms with Gasteiger partial charge in [-0.2, -0.15) is 5.10 Å². The van der Waals surface area contributed by atoms with Gasteiger partial charge in [0.15, 0.2) is 5.82 Å². The third kappa shape index (κ3) is 3.65. The molecule has 7 rings (SSSR count). The number of aromatic nitrogens is 5. The van der Waals surface area contributed by atoms with Crippen LogP contribution in [-0.2, 0) is 16.9 Å². The average molecular weight is 578 g/mol. The number of benzene rings is 1. The summed E-state index contributed by atoms with van der Waals surface area (Å²) >= 11 is 6.89. The molecule has 172 valence electrons. The number of carbonyl (C=O) groups is 1. The Morgan fingerprint density at radius 2 is 1.91 bits per heavy atom. The smallest absolute Gasteiger partial charge is 0.231 e. The van der Waals surface area contributed by atoms with Crippen LogP contribution in [0.25, 0.3) is 0 Å². The van der Waals surface area contributed by atoms with Crippen molar-refractivity contribution in [3.05, 3.63) is 57.4 Å². The molecule has 1 N–H and O–H groups in total. The van der Waals surface area contributed by atoms with E-state index in [1.807, 2.05) is 4.68 Å². The zero-order valence-corrected chi connectivity index (χ0v) is 21.0. The molecule has 1 aromatic carbocycles. The van der Waals surface area contributed by atoms with Crippen molar-refractivity contribution in [3.63, 3.8) is 0 Å². The zero-order chi connectivity index (χ0) is 22.8. The molecule has 4 fully saturated rings. The minimum Gasteiger partial charge on any atom is -0.308 e. The fourth-order valence-corrected chi connectivity index (χ4v) is 7.50. The van der Waals surface area contributed by atoms with Gasteiger partial charge in [-0.05, 0) is 88.3 Å². The van der Waals surface area contributed by atoms with Crippen molar-refractivity contribution in [2.24, 2.45) is 17.3 Å². The lowest BCUT2D eigenvalue weighted by molar-refractivity contribution is -0.150. The summed E-state index contributed by atoms with van der Waals surface area (Å²) in [6.07, 6.45) is 9.43. The van der Waals surface area contributed by atoms with Crippen LogP contribution in [-0.4, -0.2) is 30.5 Å². The van der Waals surface area contributed by atoms with Crippen molar-refractivity contribution >= 4 is 43.6 Å². The second kappa shape index (κ2) is 7.73. The van der Waals surface area contributed by atoms with E-state index in [9.17, 15) is 9.18 Å². The van der Waals surface area contributed by atoms with Crippen molar-refractivity contribution < 1.29 is 9.18 Å². The predicted molar refractivity (Wildman–Crippen MR) is 127 cm³/mol. The average Bonchev–Trinajstić information content (AvgIpc) is 3.35. The highest BCUT2D eigenvalue weighted by molar-refractivity contribution is 9.10. The SMILES string of the molecule is O=C(Nc1nn(Cc2ccccc2F)cc1Br)C12CC3CC(C1)CC(n1cnc(Br)n1)(C3)C2. The molecule has 2 atom stereocenters. The Morgan fingerprint density at radius 3 is 2.61 bits per heavy atom. The number of halogens is 3. The maximum absolute atomic E-state index is 14.1. The molecule has 0 radical (unpaired) electrons. The number of rotatable bonds is 5. The number of nitrogens with one attached hydrogen (secondary N) is 1. The van der Waals surface area contributed by atoms with E-state index >= 15 is 0 Å². The summed E-state index contributed by atoms with van der Waals surface area (Å²) in [6.45, 7) is 0.292. The molecule has 4 aliphatic rings. The van der Waals surface area contributed by atoms with Crippen LogP contribution in [0.3, 0.4) is 0 Å². The van der Waals surface area contributed by atoms with E-state index in [1.54, 1.807) is 35.4 Å². The number of hydrogen-bond acceptors (Lipinski definition) is 4. The van der Waals surface area contributed by atoms with Gasteiger partial charge >= 0.3 is 0 Å². The lowest BCUT2D eigenvalue weighted by Crippen LogP contribution is -2.60. The fourth-order valence-electron chi connectivity index (χ4n) is 6.82. The van der Waals surface area contributed by atoms with Gasteiger partial charge in [-0.15, -0.1) is 5.10 Å². The largest absolute Gasteiger partial charge is 0.308 e. The summed E-state index contributed by atoms with van der Waals surface area (Å²) in [5.74, 6) is 1.26. The molecule has 4 saturated carbocycles. The number of hydrogen-bond donors (Lipinski definition) is 1. The predicted octanol–water partition coefficient (Wildman–Crippen LogP) is 5.12. The van der Waals surface area contributed by atoms with E-state index in [-0.39, 0.29) is 17.3 Å². The summed E-state index contributed by atoms with van der Waals surface area (Å²) < 4.78 is 19.0. The Morgan fingerprint density at radius 1 is 1.15 bits per heavy atom. The Hall–Kier alpha value is -2.07. The van der Waals surface area contributed by atoms with Gasteiger partial charge in [-0.25, -0.2) is 14.1 Å². The minimum atomic E-state index is -0.433. The van der Waals surface area contributed by atoms with E-state index in [0.29, 0.717) is 39.0 Å². The van der Waals surface area contributed by atoms with Crippen LogP contribution in [0.2, 0.25) is 0 Å². The first-order valence-electron chi connectivity index (χ1n) is 11.2. The lowest BCUT2D eigenvalue weighted by Gasteiger charge is -2.60. The Bertz CT molecular complexity index is 1230. The molecule has 2 unspecified atom stereocenters. The zero-order valence-electron chi connectivity index (χ0n) is 17.8. The van der Waals surface area contributed by atoms with Gasteiger partial charge in [0.05, 0.1) is 22.0 Å². The first-order chi connectivity index (χ1) is 15.8. The van der Waals surface area contributed by atoms with Crippen LogP contribution in [0, 0.1) is 23.1 Å². The summed E-state index contributed by atoms with van der Waals surface area (Å²) in [5, 5.41) is 12.2. The highest BCUT2D eigenvalue weighted by atomic mass is 79.9. The molecular formula is C23H23Br2FN6O. The molecule has 2 heterocycles. The van der Waals surface area contributed by atoms with Crippen LogP contribution in [0.4, 0.5) is 10.2 Å². The number of nitrogens with zero attached hydrogens (tertiary/aromatic N) is 5. The first-order valence-corrected chi connectivity index (χ1v) is 12.8. The fraction of sp³-hybridized carbons (Fsp3) is 0.478. The molecule has 33 heavy (non-hydrogen) atoms. The lowest BCUT2D eigenvalue weighted by atomic mass is 9.46. The molecule has 0 aliphatic heterocycles. The highest BCUT2D eigenvalue weighted by Crippen LogP contribution is 2.64. The van der Waals surface area contributed by atoms with E-state index in [4.69, 9.17) is 0 Å². The second-order valence-electron chi connectivity index (χ2n) is 9.99. The van der Waals surface area contributed by atoms with E-state index in [2.05, 4.69) is 52.4 Å². The summed E-state index contributed by atoms with van der Waals surface area (Å²) in [6, 6.07) is 6.64. The summed E-state index contributed by atoms with van der Waals surface area (Å²) in [7, 11) is 0. The van der Waals surface area contributed by atoms with Gasteiger partial charge in [0.2, 0.25) is 10.6 Å². The molecule has 1 amide bonds. The van der Waals surface area contributed by atoms with Crippen molar-refractivity contribution in [1.29, 1.82) is 0 Å². The van der Waals surface area contributed by atoms with Crippen molar-refractivity contribution in [2.75, 3.05) is 5.32 Å². The van der Waals surface area contributed by atoms with Gasteiger partial charge in [0.1, 0.15) is 12.1 Å².